The van der Waals surface area contributed by atoms with E-state index in [-0.39, 0.29) is 6.09 Å². The molecule has 0 atom stereocenters. The molecule has 1 heterocycles. The third-order valence-electron chi connectivity index (χ3n) is 4.31. The predicted molar refractivity (Wildman–Crippen MR) is 91.8 cm³/mol. The van der Waals surface area contributed by atoms with Crippen LogP contribution in [-0.4, -0.2) is 36.8 Å². The lowest BCUT2D eigenvalue weighted by Gasteiger charge is -2.38. The first kappa shape index (κ1) is 18.1. The number of nitriles is 1. The van der Waals surface area contributed by atoms with E-state index in [1.54, 1.807) is 12.0 Å². The van der Waals surface area contributed by atoms with Crippen molar-refractivity contribution < 1.29 is 14.3 Å². The Morgan fingerprint density at radius 3 is 2.29 bits per heavy atom. The van der Waals surface area contributed by atoms with E-state index in [0.29, 0.717) is 32.4 Å². The summed E-state index contributed by atoms with van der Waals surface area (Å²) in [4.78, 5) is 13.9. The smallest absolute Gasteiger partial charge is 0.410 e. The number of piperidine rings is 1. The summed E-state index contributed by atoms with van der Waals surface area (Å²) in [5.41, 5.74) is 0.194. The van der Waals surface area contributed by atoms with Gasteiger partial charge in [0.25, 0.3) is 0 Å². The van der Waals surface area contributed by atoms with Crippen LogP contribution in [0.2, 0.25) is 0 Å². The number of ether oxygens (including phenoxy) is 2. The summed E-state index contributed by atoms with van der Waals surface area (Å²) >= 11 is 0. The molecule has 0 spiro atoms. The molecule has 1 aromatic carbocycles. The van der Waals surface area contributed by atoms with E-state index < -0.39 is 11.0 Å². The quantitative estimate of drug-likeness (QED) is 0.846. The molecule has 0 saturated carbocycles. The van der Waals surface area contributed by atoms with Crippen LogP contribution in [0.5, 0.6) is 5.75 Å². The van der Waals surface area contributed by atoms with E-state index in [1.165, 1.54) is 0 Å². The van der Waals surface area contributed by atoms with Crippen molar-refractivity contribution in [3.8, 4) is 11.8 Å². The molecule has 24 heavy (non-hydrogen) atoms. The maximum Gasteiger partial charge on any atom is 0.410 e. The number of likely N-dealkylation sites (tertiary alicyclic amines) is 1. The van der Waals surface area contributed by atoms with Gasteiger partial charge in [0, 0.05) is 13.1 Å². The molecule has 1 aliphatic heterocycles. The van der Waals surface area contributed by atoms with Crippen molar-refractivity contribution in [3.63, 3.8) is 0 Å². The fourth-order valence-electron chi connectivity index (χ4n) is 2.91. The SMILES string of the molecule is COc1ccc(CC2(C#N)CCN(C(=O)OC(C)(C)C)CC2)cc1. The Morgan fingerprint density at radius 2 is 1.83 bits per heavy atom. The summed E-state index contributed by atoms with van der Waals surface area (Å²) in [5.74, 6) is 0.810. The van der Waals surface area contributed by atoms with Gasteiger partial charge >= 0.3 is 6.09 Å². The molecule has 130 valence electrons. The van der Waals surface area contributed by atoms with Gasteiger partial charge < -0.3 is 14.4 Å². The van der Waals surface area contributed by atoms with Crippen LogP contribution in [-0.2, 0) is 11.2 Å². The van der Waals surface area contributed by atoms with E-state index in [0.717, 1.165) is 11.3 Å². The minimum absolute atomic E-state index is 0.293. The molecule has 0 radical (unpaired) electrons. The molecule has 1 saturated heterocycles. The van der Waals surface area contributed by atoms with Crippen molar-refractivity contribution in [2.45, 2.75) is 45.6 Å². The topological polar surface area (TPSA) is 62.6 Å². The van der Waals surface area contributed by atoms with Crippen molar-refractivity contribution in [3.05, 3.63) is 29.8 Å². The van der Waals surface area contributed by atoms with Crippen molar-refractivity contribution in [2.75, 3.05) is 20.2 Å². The number of carbonyl (C=O) groups is 1. The Morgan fingerprint density at radius 1 is 1.25 bits per heavy atom. The largest absolute Gasteiger partial charge is 0.497 e. The molecule has 0 unspecified atom stereocenters. The Bertz CT molecular complexity index is 603. The van der Waals surface area contributed by atoms with Crippen LogP contribution in [0.4, 0.5) is 4.79 Å². The normalized spacial score (nSPS) is 17.0. The number of methoxy groups -OCH3 is 1. The summed E-state index contributed by atoms with van der Waals surface area (Å²) < 4.78 is 10.6. The zero-order chi connectivity index (χ0) is 17.8. The number of nitrogens with zero attached hydrogens (tertiary/aromatic N) is 2. The molecule has 0 aliphatic carbocycles. The second-order valence-corrected chi connectivity index (χ2v) is 7.38. The third kappa shape index (κ3) is 4.64. The van der Waals surface area contributed by atoms with E-state index in [1.807, 2.05) is 45.0 Å². The van der Waals surface area contributed by atoms with Crippen LogP contribution in [0.25, 0.3) is 0 Å². The molecule has 0 aromatic heterocycles. The van der Waals surface area contributed by atoms with Gasteiger partial charge in [-0.3, -0.25) is 0 Å². The van der Waals surface area contributed by atoms with Crippen molar-refractivity contribution in [1.29, 1.82) is 5.26 Å². The van der Waals surface area contributed by atoms with Crippen LogP contribution < -0.4 is 4.74 Å². The molecule has 2 rings (SSSR count). The van der Waals surface area contributed by atoms with Crippen LogP contribution in [0.1, 0.15) is 39.2 Å². The van der Waals surface area contributed by atoms with Crippen molar-refractivity contribution >= 4 is 6.09 Å². The number of rotatable bonds is 3. The summed E-state index contributed by atoms with van der Waals surface area (Å²) in [6.07, 6.45) is 1.72. The van der Waals surface area contributed by atoms with Crippen molar-refractivity contribution in [2.24, 2.45) is 5.41 Å². The second-order valence-electron chi connectivity index (χ2n) is 7.38. The van der Waals surface area contributed by atoms with Crippen LogP contribution in [0.3, 0.4) is 0 Å². The lowest BCUT2D eigenvalue weighted by molar-refractivity contribution is 0.0148. The molecule has 1 aromatic rings. The van der Waals surface area contributed by atoms with Gasteiger partial charge in [-0.1, -0.05) is 12.1 Å². The average Bonchev–Trinajstić information content (AvgIpc) is 2.54. The van der Waals surface area contributed by atoms with Crippen LogP contribution in [0.15, 0.2) is 24.3 Å². The second kappa shape index (κ2) is 7.12. The number of amides is 1. The molecule has 0 bridgehead atoms. The fraction of sp³-hybridized carbons (Fsp3) is 0.579. The fourth-order valence-corrected chi connectivity index (χ4v) is 2.91. The first-order valence-electron chi connectivity index (χ1n) is 8.29. The van der Waals surface area contributed by atoms with Crippen LogP contribution in [0, 0.1) is 16.7 Å². The maximum atomic E-state index is 12.1. The summed E-state index contributed by atoms with van der Waals surface area (Å²) in [7, 11) is 1.64. The Labute approximate surface area is 144 Å². The lowest BCUT2D eigenvalue weighted by atomic mass is 9.75. The first-order chi connectivity index (χ1) is 11.3. The maximum absolute atomic E-state index is 12.1. The van der Waals surface area contributed by atoms with Gasteiger partial charge in [0.2, 0.25) is 0 Å². The number of hydrogen-bond donors (Lipinski definition) is 0. The highest BCUT2D eigenvalue weighted by molar-refractivity contribution is 5.68. The molecule has 0 N–H and O–H groups in total. The van der Waals surface area contributed by atoms with Gasteiger partial charge in [-0.15, -0.1) is 0 Å². The molecule has 1 amide bonds. The highest BCUT2D eigenvalue weighted by Gasteiger charge is 2.37. The number of benzene rings is 1. The molecule has 5 nitrogen and oxygen atoms in total. The highest BCUT2D eigenvalue weighted by Crippen LogP contribution is 2.35. The molecule has 1 aliphatic rings. The average molecular weight is 330 g/mol. The predicted octanol–water partition coefficient (Wildman–Crippen LogP) is 3.78. The van der Waals surface area contributed by atoms with Gasteiger partial charge in [0.15, 0.2) is 0 Å². The van der Waals surface area contributed by atoms with Gasteiger partial charge in [-0.05, 0) is 57.7 Å². The monoisotopic (exact) mass is 330 g/mol. The van der Waals surface area contributed by atoms with Gasteiger partial charge in [0.05, 0.1) is 18.6 Å². The molecule has 5 heteroatoms. The zero-order valence-corrected chi connectivity index (χ0v) is 15.0. The Balaban J connectivity index is 1.98. The van der Waals surface area contributed by atoms with E-state index in [2.05, 4.69) is 6.07 Å². The van der Waals surface area contributed by atoms with Crippen LogP contribution >= 0.6 is 0 Å². The molecule has 1 fully saturated rings. The van der Waals surface area contributed by atoms with Gasteiger partial charge in [-0.2, -0.15) is 5.26 Å². The minimum Gasteiger partial charge on any atom is -0.497 e. The van der Waals surface area contributed by atoms with E-state index in [4.69, 9.17) is 9.47 Å². The summed E-state index contributed by atoms with van der Waals surface area (Å²) in [6, 6.07) is 10.3. The van der Waals surface area contributed by atoms with Crippen molar-refractivity contribution in [1.82, 2.24) is 4.90 Å². The van der Waals surface area contributed by atoms with E-state index >= 15 is 0 Å². The number of carbonyl (C=O) groups excluding carboxylic acids is 1. The Kier molecular flexibility index (Phi) is 5.38. The Hall–Kier alpha value is -2.22. The summed E-state index contributed by atoms with van der Waals surface area (Å²) in [5, 5.41) is 9.71. The first-order valence-corrected chi connectivity index (χ1v) is 8.29. The highest BCUT2D eigenvalue weighted by atomic mass is 16.6. The molecular formula is C19H26N2O3. The van der Waals surface area contributed by atoms with E-state index in [9.17, 15) is 10.1 Å². The van der Waals surface area contributed by atoms with Gasteiger partial charge in [0.1, 0.15) is 11.4 Å². The number of hydrogen-bond acceptors (Lipinski definition) is 4. The third-order valence-corrected chi connectivity index (χ3v) is 4.31. The zero-order valence-electron chi connectivity index (χ0n) is 15.0. The minimum atomic E-state index is -0.496. The molecular weight excluding hydrogens is 304 g/mol. The summed E-state index contributed by atoms with van der Waals surface area (Å²) in [6.45, 7) is 6.69. The van der Waals surface area contributed by atoms with Gasteiger partial charge in [-0.25, -0.2) is 4.79 Å². The lowest BCUT2D eigenvalue weighted by Crippen LogP contribution is -2.45. The standard InChI is InChI=1S/C19H26N2O3/c1-18(2,3)24-17(22)21-11-9-19(14-20,10-12-21)13-15-5-7-16(23-4)8-6-15/h5-8H,9-13H2,1-4H3.